The normalized spacial score (nSPS) is 11.2. The van der Waals surface area contributed by atoms with Gasteiger partial charge in [0, 0.05) is 13.1 Å². The number of nitrogens with two attached hydrogens (primary N) is 1. The van der Waals surface area contributed by atoms with E-state index in [4.69, 9.17) is 10.8 Å². The summed E-state index contributed by atoms with van der Waals surface area (Å²) in [7, 11) is 0. The fraction of sp³-hybridized carbons (Fsp3) is 0.889. The maximum atomic E-state index is 10.4. The Bertz CT molecular complexity index is 149. The van der Waals surface area contributed by atoms with Crippen LogP contribution in [0, 0.1) is 5.92 Å². The lowest BCUT2D eigenvalue weighted by molar-refractivity contribution is -0.138. The van der Waals surface area contributed by atoms with E-state index >= 15 is 0 Å². The molecule has 0 unspecified atom stereocenters. The zero-order valence-electron chi connectivity index (χ0n) is 8.49. The van der Waals surface area contributed by atoms with Crippen molar-refractivity contribution in [3.8, 4) is 0 Å². The first-order chi connectivity index (χ1) is 6.06. The molecule has 0 aliphatic rings. The summed E-state index contributed by atoms with van der Waals surface area (Å²) in [6.07, 6.45) is 1.02. The van der Waals surface area contributed by atoms with Crippen molar-refractivity contribution in [2.24, 2.45) is 11.7 Å². The molecule has 4 nitrogen and oxygen atoms in total. The molecule has 0 atom stereocenters. The number of rotatable bonds is 7. The molecule has 0 bridgehead atoms. The summed E-state index contributed by atoms with van der Waals surface area (Å²) >= 11 is 0. The summed E-state index contributed by atoms with van der Waals surface area (Å²) in [5, 5.41) is 8.59. The lowest BCUT2D eigenvalue weighted by Gasteiger charge is -2.19. The quantitative estimate of drug-likeness (QED) is 0.606. The van der Waals surface area contributed by atoms with Crippen molar-refractivity contribution in [3.05, 3.63) is 0 Å². The molecule has 0 saturated heterocycles. The fourth-order valence-electron chi connectivity index (χ4n) is 1.08. The van der Waals surface area contributed by atoms with Crippen LogP contribution in [0.1, 0.15) is 20.3 Å². The molecule has 4 heteroatoms. The van der Waals surface area contributed by atoms with E-state index in [1.54, 1.807) is 0 Å². The summed E-state index contributed by atoms with van der Waals surface area (Å²) < 4.78 is 0. The van der Waals surface area contributed by atoms with Gasteiger partial charge < -0.3 is 10.8 Å². The minimum atomic E-state index is -0.780. The lowest BCUT2D eigenvalue weighted by atomic mass is 10.1. The summed E-state index contributed by atoms with van der Waals surface area (Å²) in [5.74, 6) is -0.175. The Hall–Kier alpha value is -0.610. The lowest BCUT2D eigenvalue weighted by Crippen LogP contribution is -2.35. The maximum absolute atomic E-state index is 10.4. The van der Waals surface area contributed by atoms with Crippen LogP contribution in [0.5, 0.6) is 0 Å². The number of carbonyl (C=O) groups is 1. The van der Waals surface area contributed by atoms with Gasteiger partial charge in [-0.1, -0.05) is 13.8 Å². The summed E-state index contributed by atoms with van der Waals surface area (Å²) in [6.45, 7) is 6.36. The second-order valence-electron chi connectivity index (χ2n) is 3.64. The molecule has 0 aromatic rings. The number of nitrogens with zero attached hydrogens (tertiary/aromatic N) is 1. The van der Waals surface area contributed by atoms with Gasteiger partial charge in [0.15, 0.2) is 0 Å². The standard InChI is InChI=1S/C9H20N2O2/c1-8(2)3-5-11(6-4-10)7-9(12)13/h8H,3-7,10H2,1-2H3,(H,12,13). The Morgan fingerprint density at radius 1 is 1.46 bits per heavy atom. The Morgan fingerprint density at radius 2 is 2.08 bits per heavy atom. The molecule has 0 saturated carbocycles. The highest BCUT2D eigenvalue weighted by Gasteiger charge is 2.08. The van der Waals surface area contributed by atoms with Crippen LogP contribution in [0.2, 0.25) is 0 Å². The van der Waals surface area contributed by atoms with Crippen LogP contribution >= 0.6 is 0 Å². The Labute approximate surface area is 79.7 Å². The average Bonchev–Trinajstić information content (AvgIpc) is 1.99. The van der Waals surface area contributed by atoms with Gasteiger partial charge in [0.05, 0.1) is 6.54 Å². The number of aliphatic carboxylic acids is 1. The SMILES string of the molecule is CC(C)CCN(CCN)CC(=O)O. The minimum Gasteiger partial charge on any atom is -0.480 e. The minimum absolute atomic E-state index is 0.101. The van der Waals surface area contributed by atoms with Gasteiger partial charge in [-0.05, 0) is 18.9 Å². The molecule has 0 aromatic carbocycles. The van der Waals surface area contributed by atoms with Crippen LogP contribution < -0.4 is 5.73 Å². The third-order valence-corrected chi connectivity index (χ3v) is 1.83. The number of carboxylic acids is 1. The maximum Gasteiger partial charge on any atom is 0.317 e. The summed E-state index contributed by atoms with van der Waals surface area (Å²) in [5.41, 5.74) is 5.38. The van der Waals surface area contributed by atoms with E-state index in [1.165, 1.54) is 0 Å². The van der Waals surface area contributed by atoms with Crippen molar-refractivity contribution in [2.75, 3.05) is 26.2 Å². The third kappa shape index (κ3) is 7.74. The molecule has 0 heterocycles. The highest BCUT2D eigenvalue weighted by Crippen LogP contribution is 2.01. The van der Waals surface area contributed by atoms with E-state index in [0.29, 0.717) is 19.0 Å². The molecular formula is C9H20N2O2. The second kappa shape index (κ2) is 6.86. The van der Waals surface area contributed by atoms with Crippen molar-refractivity contribution in [1.82, 2.24) is 4.90 Å². The monoisotopic (exact) mass is 188 g/mol. The van der Waals surface area contributed by atoms with Gasteiger partial charge in [-0.25, -0.2) is 0 Å². The van der Waals surface area contributed by atoms with E-state index in [0.717, 1.165) is 13.0 Å². The Morgan fingerprint density at radius 3 is 2.46 bits per heavy atom. The van der Waals surface area contributed by atoms with Crippen molar-refractivity contribution in [3.63, 3.8) is 0 Å². The van der Waals surface area contributed by atoms with Gasteiger partial charge in [-0.15, -0.1) is 0 Å². The highest BCUT2D eigenvalue weighted by atomic mass is 16.4. The first-order valence-electron chi connectivity index (χ1n) is 4.70. The fourth-order valence-corrected chi connectivity index (χ4v) is 1.08. The zero-order chi connectivity index (χ0) is 10.3. The molecule has 0 fully saturated rings. The van der Waals surface area contributed by atoms with Crippen molar-refractivity contribution < 1.29 is 9.90 Å². The predicted molar refractivity (Wildman–Crippen MR) is 52.6 cm³/mol. The zero-order valence-corrected chi connectivity index (χ0v) is 8.49. The van der Waals surface area contributed by atoms with Gasteiger partial charge >= 0.3 is 5.97 Å². The second-order valence-corrected chi connectivity index (χ2v) is 3.64. The third-order valence-electron chi connectivity index (χ3n) is 1.83. The molecule has 0 rings (SSSR count). The molecule has 0 aliphatic carbocycles. The van der Waals surface area contributed by atoms with E-state index in [9.17, 15) is 4.79 Å². The predicted octanol–water partition coefficient (Wildman–Crippen LogP) is 0.378. The van der Waals surface area contributed by atoms with Crippen molar-refractivity contribution >= 4 is 5.97 Å². The van der Waals surface area contributed by atoms with E-state index in [2.05, 4.69) is 13.8 Å². The summed E-state index contributed by atoms with van der Waals surface area (Å²) in [4.78, 5) is 12.3. The van der Waals surface area contributed by atoms with E-state index in [1.807, 2.05) is 4.90 Å². The molecule has 0 aliphatic heterocycles. The van der Waals surface area contributed by atoms with Crippen molar-refractivity contribution in [1.29, 1.82) is 0 Å². The van der Waals surface area contributed by atoms with Gasteiger partial charge in [0.2, 0.25) is 0 Å². The van der Waals surface area contributed by atoms with Crippen molar-refractivity contribution in [2.45, 2.75) is 20.3 Å². The van der Waals surface area contributed by atoms with Crippen LogP contribution in [0.15, 0.2) is 0 Å². The molecule has 78 valence electrons. The first kappa shape index (κ1) is 12.4. The number of hydrogen-bond donors (Lipinski definition) is 2. The van der Waals surface area contributed by atoms with Gasteiger partial charge in [0.25, 0.3) is 0 Å². The highest BCUT2D eigenvalue weighted by molar-refractivity contribution is 5.69. The first-order valence-corrected chi connectivity index (χ1v) is 4.70. The van der Waals surface area contributed by atoms with Crippen LogP contribution in [0.4, 0.5) is 0 Å². The molecular weight excluding hydrogens is 168 g/mol. The molecule has 3 N–H and O–H groups in total. The van der Waals surface area contributed by atoms with Crippen LogP contribution in [0.25, 0.3) is 0 Å². The Balaban J connectivity index is 3.72. The van der Waals surface area contributed by atoms with Gasteiger partial charge in [-0.2, -0.15) is 0 Å². The molecule has 0 aromatic heterocycles. The topological polar surface area (TPSA) is 66.6 Å². The molecule has 0 amide bonds. The van der Waals surface area contributed by atoms with E-state index < -0.39 is 5.97 Å². The molecule has 13 heavy (non-hydrogen) atoms. The average molecular weight is 188 g/mol. The molecule has 0 radical (unpaired) electrons. The summed E-state index contributed by atoms with van der Waals surface area (Å²) in [6, 6.07) is 0. The van der Waals surface area contributed by atoms with Gasteiger partial charge in [-0.3, -0.25) is 9.69 Å². The van der Waals surface area contributed by atoms with Crippen LogP contribution in [0.3, 0.4) is 0 Å². The smallest absolute Gasteiger partial charge is 0.317 e. The molecule has 0 spiro atoms. The van der Waals surface area contributed by atoms with Crippen LogP contribution in [-0.2, 0) is 4.79 Å². The number of carboxylic acid groups (broad SMARTS) is 1. The van der Waals surface area contributed by atoms with E-state index in [-0.39, 0.29) is 6.54 Å². The van der Waals surface area contributed by atoms with Crippen LogP contribution in [-0.4, -0.2) is 42.2 Å². The Kier molecular flexibility index (Phi) is 6.54. The van der Waals surface area contributed by atoms with Gasteiger partial charge in [0.1, 0.15) is 0 Å². The number of hydrogen-bond acceptors (Lipinski definition) is 3. The largest absolute Gasteiger partial charge is 0.480 e.